The summed E-state index contributed by atoms with van der Waals surface area (Å²) < 4.78 is 0. The maximum Gasteiger partial charge on any atom is -0.0844 e. The molecule has 1 nitrogen and oxygen atoms in total. The van der Waals surface area contributed by atoms with Crippen molar-refractivity contribution in [1.82, 2.24) is 0 Å². The number of rotatable bonds is 6. The zero-order chi connectivity index (χ0) is 9.66. The molecule has 0 rings (SSSR count). The van der Waals surface area contributed by atoms with Crippen molar-refractivity contribution in [3.8, 4) is 0 Å². The van der Waals surface area contributed by atoms with Gasteiger partial charge in [0.25, 0.3) is 0 Å². The van der Waals surface area contributed by atoms with E-state index in [4.69, 9.17) is 0 Å². The number of hydrogen-bond acceptors (Lipinski definition) is 0. The molecule has 0 aliphatic heterocycles. The molecule has 0 spiro atoms. The molecular formula is C10H24AlN. The third-order valence-electron chi connectivity index (χ3n) is 1.43. The van der Waals surface area contributed by atoms with E-state index in [0.717, 1.165) is 28.3 Å². The molecule has 0 aliphatic rings. The third kappa shape index (κ3) is 22.4. The second-order valence-corrected chi connectivity index (χ2v) is 4.45. The summed E-state index contributed by atoms with van der Waals surface area (Å²) in [5, 5.41) is 6.99. The molecule has 0 saturated heterocycles. The molecule has 0 aromatic heterocycles. The Bertz CT molecular complexity index is 51.8. The number of hydrogen-bond donors (Lipinski definition) is 0. The average molecular weight is 185 g/mol. The zero-order valence-corrected chi connectivity index (χ0v) is 10.4. The van der Waals surface area contributed by atoms with E-state index in [1.807, 2.05) is 13.8 Å². The summed E-state index contributed by atoms with van der Waals surface area (Å²) in [6, 6.07) is 0. The molecular weight excluding hydrogens is 161 g/mol. The molecule has 0 atom stereocenters. The Balaban J connectivity index is 0. The van der Waals surface area contributed by atoms with Crippen LogP contribution in [0.3, 0.4) is 0 Å². The SMILES string of the molecule is CC[CH2][Al+][CH2]CC.CC[N-]CC. The minimum Gasteiger partial charge on any atom is -0.663 e. The van der Waals surface area contributed by atoms with Crippen LogP contribution in [0, 0.1) is 0 Å². The standard InChI is InChI=1S/C4H10N.2C3H7.Al/c1-3-5-4-2;2*1-3-2;/h3-4H2,1-2H3;2*1,3H2,2H3;/q-1;;;+1. The van der Waals surface area contributed by atoms with Gasteiger partial charge in [-0.25, -0.2) is 0 Å². The fourth-order valence-corrected chi connectivity index (χ4v) is 1.88. The quantitative estimate of drug-likeness (QED) is 0.442. The van der Waals surface area contributed by atoms with E-state index in [-0.39, 0.29) is 0 Å². The van der Waals surface area contributed by atoms with Crippen molar-refractivity contribution in [2.45, 2.75) is 51.1 Å². The second kappa shape index (κ2) is 17.5. The van der Waals surface area contributed by atoms with Gasteiger partial charge in [-0.3, -0.25) is 0 Å². The average Bonchev–Trinajstić information content (AvgIpc) is 2.08. The van der Waals surface area contributed by atoms with Crippen LogP contribution in [0.2, 0.25) is 10.6 Å². The molecule has 0 amide bonds. The normalized spacial score (nSPS) is 8.33. The molecule has 0 heterocycles. The van der Waals surface area contributed by atoms with Gasteiger partial charge in [0.05, 0.1) is 0 Å². The van der Waals surface area contributed by atoms with Crippen molar-refractivity contribution in [3.05, 3.63) is 5.32 Å². The maximum atomic E-state index is 3.97. The number of nitrogens with zero attached hydrogens (tertiary/aromatic N) is 1. The maximum absolute atomic E-state index is 3.97. The fraction of sp³-hybridized carbons (Fsp3) is 1.00. The molecule has 0 bridgehead atoms. The third-order valence-corrected chi connectivity index (χ3v) is 3.40. The summed E-state index contributed by atoms with van der Waals surface area (Å²) in [5.74, 6) is 0. The summed E-state index contributed by atoms with van der Waals surface area (Å²) in [6.07, 6.45) is 2.80. The minimum absolute atomic E-state index is 0.822. The van der Waals surface area contributed by atoms with Gasteiger partial charge in [-0.15, -0.1) is 0 Å². The van der Waals surface area contributed by atoms with Gasteiger partial charge in [0.15, 0.2) is 0 Å². The summed E-state index contributed by atoms with van der Waals surface area (Å²) >= 11 is 0.822. The van der Waals surface area contributed by atoms with Gasteiger partial charge in [0.1, 0.15) is 0 Å². The monoisotopic (exact) mass is 185 g/mol. The van der Waals surface area contributed by atoms with Crippen molar-refractivity contribution < 1.29 is 0 Å². The van der Waals surface area contributed by atoms with Crippen LogP contribution < -0.4 is 0 Å². The Morgan fingerprint density at radius 3 is 1.42 bits per heavy atom. The van der Waals surface area contributed by atoms with Crippen molar-refractivity contribution >= 4 is 15.2 Å². The van der Waals surface area contributed by atoms with Crippen LogP contribution in [0.15, 0.2) is 0 Å². The van der Waals surface area contributed by atoms with Gasteiger partial charge in [0.2, 0.25) is 0 Å². The van der Waals surface area contributed by atoms with E-state index in [2.05, 4.69) is 19.2 Å². The molecule has 0 aliphatic carbocycles. The van der Waals surface area contributed by atoms with E-state index in [1.165, 1.54) is 23.4 Å². The molecule has 2 heteroatoms. The first-order chi connectivity index (χ1) is 5.83. The van der Waals surface area contributed by atoms with E-state index in [1.54, 1.807) is 0 Å². The van der Waals surface area contributed by atoms with E-state index in [0.29, 0.717) is 0 Å². The van der Waals surface area contributed by atoms with Crippen molar-refractivity contribution in [1.29, 1.82) is 0 Å². The fourth-order valence-electron chi connectivity index (χ4n) is 0.776. The molecule has 0 N–H and O–H groups in total. The van der Waals surface area contributed by atoms with Gasteiger partial charge in [-0.05, 0) is 0 Å². The van der Waals surface area contributed by atoms with Gasteiger partial charge in [0, 0.05) is 0 Å². The Hall–Kier alpha value is 0.492. The Labute approximate surface area is 85.0 Å². The zero-order valence-electron chi connectivity index (χ0n) is 9.27. The smallest absolute Gasteiger partial charge is 0.0844 e. The molecule has 12 heavy (non-hydrogen) atoms. The summed E-state index contributed by atoms with van der Waals surface area (Å²) in [7, 11) is 0. The molecule has 72 valence electrons. The molecule has 0 unspecified atom stereocenters. The van der Waals surface area contributed by atoms with E-state index < -0.39 is 0 Å². The van der Waals surface area contributed by atoms with Crippen LogP contribution in [-0.2, 0) is 0 Å². The summed E-state index contributed by atoms with van der Waals surface area (Å²) in [5.41, 5.74) is 0. The van der Waals surface area contributed by atoms with Crippen LogP contribution in [-0.4, -0.2) is 28.3 Å². The first-order valence-corrected chi connectivity index (χ1v) is 6.91. The van der Waals surface area contributed by atoms with Gasteiger partial charge >= 0.3 is 52.5 Å². The van der Waals surface area contributed by atoms with E-state index >= 15 is 0 Å². The molecule has 0 fully saturated rings. The Morgan fingerprint density at radius 1 is 0.833 bits per heavy atom. The Kier molecular flexibility index (Phi) is 21.9. The summed E-state index contributed by atoms with van der Waals surface area (Å²) in [4.78, 5) is 0. The molecule has 0 radical (unpaired) electrons. The van der Waals surface area contributed by atoms with Crippen LogP contribution in [0.1, 0.15) is 40.5 Å². The minimum atomic E-state index is 0.822. The topological polar surface area (TPSA) is 14.1 Å². The van der Waals surface area contributed by atoms with Crippen LogP contribution in [0.4, 0.5) is 0 Å². The van der Waals surface area contributed by atoms with Crippen LogP contribution >= 0.6 is 0 Å². The molecule has 0 aromatic rings. The van der Waals surface area contributed by atoms with Crippen molar-refractivity contribution in [2.24, 2.45) is 0 Å². The predicted molar refractivity (Wildman–Crippen MR) is 60.4 cm³/mol. The van der Waals surface area contributed by atoms with Crippen molar-refractivity contribution in [3.63, 3.8) is 0 Å². The first kappa shape index (κ1) is 15.0. The molecule has 0 saturated carbocycles. The first-order valence-electron chi connectivity index (χ1n) is 5.28. The second-order valence-electron chi connectivity index (χ2n) is 2.72. The predicted octanol–water partition coefficient (Wildman–Crippen LogP) is 3.75. The van der Waals surface area contributed by atoms with E-state index in [9.17, 15) is 0 Å². The largest absolute Gasteiger partial charge is 0.663 e. The van der Waals surface area contributed by atoms with Crippen LogP contribution in [0.25, 0.3) is 5.32 Å². The van der Waals surface area contributed by atoms with Crippen LogP contribution in [0.5, 0.6) is 0 Å². The van der Waals surface area contributed by atoms with Gasteiger partial charge in [-0.2, -0.15) is 13.1 Å². The molecule has 0 aromatic carbocycles. The van der Waals surface area contributed by atoms with Crippen molar-refractivity contribution in [2.75, 3.05) is 13.1 Å². The summed E-state index contributed by atoms with van der Waals surface area (Å²) in [6.45, 7) is 10.6. The Morgan fingerprint density at radius 2 is 1.25 bits per heavy atom. The van der Waals surface area contributed by atoms with Gasteiger partial charge in [-0.1, -0.05) is 13.8 Å². The van der Waals surface area contributed by atoms with Gasteiger partial charge < -0.3 is 5.32 Å².